The third kappa shape index (κ3) is 6.39. The molecule has 0 aliphatic rings. The third-order valence-corrected chi connectivity index (χ3v) is 11.0. The zero-order chi connectivity index (χ0) is 35.3. The van der Waals surface area contributed by atoms with Crippen LogP contribution in [0.15, 0.2) is 145 Å². The van der Waals surface area contributed by atoms with Gasteiger partial charge in [0.1, 0.15) is 5.01 Å². The molecule has 0 unspecified atom stereocenters. The third-order valence-electron chi connectivity index (χ3n) is 9.92. The number of aliphatic imine (C=N–C) groups is 1. The van der Waals surface area contributed by atoms with Crippen LogP contribution >= 0.6 is 11.3 Å². The first-order valence-corrected chi connectivity index (χ1v) is 18.5. The minimum Gasteiger partial charge on any atom is -0.256 e. The number of fused-ring (bicyclic) bond motifs is 4. The van der Waals surface area contributed by atoms with Crippen molar-refractivity contribution in [3.63, 3.8) is 0 Å². The fourth-order valence-corrected chi connectivity index (χ4v) is 7.96. The number of aromatic nitrogens is 1. The van der Waals surface area contributed by atoms with Crippen LogP contribution < -0.4 is 0 Å². The van der Waals surface area contributed by atoms with E-state index in [-0.39, 0.29) is 10.8 Å². The molecule has 2 nitrogen and oxygen atoms in total. The van der Waals surface area contributed by atoms with Gasteiger partial charge in [-0.25, -0.2) is 4.98 Å². The molecule has 8 rings (SSSR count). The molecule has 1 aromatic heterocycles. The molecule has 0 radical (unpaired) electrons. The molecule has 0 N–H and O–H groups in total. The topological polar surface area (TPSA) is 25.2 Å². The van der Waals surface area contributed by atoms with Crippen LogP contribution in [0.2, 0.25) is 0 Å². The number of nitrogens with zero attached hydrogens (tertiary/aromatic N) is 2. The standard InChI is InChI=1S/C48H42N2S/c1-47(2,3)36-25-23-32(24-26-36)31-19-21-33(22-20-31)42-28-37(48(4,5)6)29-44-45(42)50-46(51-44)41-17-11-12-18-43(41)49-30-35-27-34-13-7-8-14-38(34)40-16-10-9-15-39(35)40/h7-30H,1-6H3. The molecule has 0 saturated heterocycles. The van der Waals surface area contributed by atoms with Gasteiger partial charge in [-0.1, -0.05) is 151 Å². The summed E-state index contributed by atoms with van der Waals surface area (Å²) in [6.45, 7) is 13.6. The molecular weight excluding hydrogens is 637 g/mol. The van der Waals surface area contributed by atoms with E-state index < -0.39 is 0 Å². The van der Waals surface area contributed by atoms with Crippen LogP contribution in [-0.2, 0) is 10.8 Å². The van der Waals surface area contributed by atoms with Gasteiger partial charge in [-0.15, -0.1) is 11.3 Å². The van der Waals surface area contributed by atoms with E-state index in [0.29, 0.717) is 0 Å². The molecule has 0 aliphatic heterocycles. The van der Waals surface area contributed by atoms with Crippen LogP contribution in [0.5, 0.6) is 0 Å². The second kappa shape index (κ2) is 12.7. The Labute approximate surface area is 305 Å². The fraction of sp³-hybridized carbons (Fsp3) is 0.167. The summed E-state index contributed by atoms with van der Waals surface area (Å²) in [6, 6.07) is 50.4. The van der Waals surface area contributed by atoms with Crippen LogP contribution in [0.25, 0.3) is 64.6 Å². The summed E-state index contributed by atoms with van der Waals surface area (Å²) in [5, 5.41) is 5.89. The lowest BCUT2D eigenvalue weighted by atomic mass is 9.85. The Morgan fingerprint density at radius 3 is 1.82 bits per heavy atom. The molecule has 51 heavy (non-hydrogen) atoms. The van der Waals surface area contributed by atoms with Gasteiger partial charge in [-0.2, -0.15) is 0 Å². The summed E-state index contributed by atoms with van der Waals surface area (Å²) >= 11 is 1.75. The maximum Gasteiger partial charge on any atom is 0.126 e. The molecule has 0 saturated carbocycles. The number of hydrogen-bond acceptors (Lipinski definition) is 3. The van der Waals surface area contributed by atoms with Crippen molar-refractivity contribution in [2.75, 3.05) is 0 Å². The normalized spacial score (nSPS) is 12.4. The molecule has 0 atom stereocenters. The Morgan fingerprint density at radius 2 is 1.12 bits per heavy atom. The summed E-state index contributed by atoms with van der Waals surface area (Å²) in [6.07, 6.45) is 2.02. The zero-order valence-electron chi connectivity index (χ0n) is 30.2. The number of para-hydroxylation sites is 1. The van der Waals surface area contributed by atoms with Gasteiger partial charge in [0.15, 0.2) is 0 Å². The van der Waals surface area contributed by atoms with Crippen molar-refractivity contribution in [3.8, 4) is 32.8 Å². The van der Waals surface area contributed by atoms with E-state index in [9.17, 15) is 0 Å². The molecular formula is C48H42N2S. The van der Waals surface area contributed by atoms with Crippen LogP contribution in [0, 0.1) is 0 Å². The van der Waals surface area contributed by atoms with E-state index in [2.05, 4.69) is 181 Å². The molecule has 3 heteroatoms. The summed E-state index contributed by atoms with van der Waals surface area (Å²) in [5.41, 5.74) is 11.6. The van der Waals surface area contributed by atoms with Crippen LogP contribution in [0.3, 0.4) is 0 Å². The highest BCUT2D eigenvalue weighted by Gasteiger charge is 2.21. The maximum absolute atomic E-state index is 5.35. The maximum atomic E-state index is 5.35. The lowest BCUT2D eigenvalue weighted by Gasteiger charge is -2.20. The SMILES string of the molecule is CC(C)(C)c1ccc(-c2ccc(-c3cc(C(C)(C)C)cc4sc(-c5ccccc5N=Cc5cc6ccccc6c6ccccc56)nc34)cc2)cc1. The van der Waals surface area contributed by atoms with E-state index in [1.165, 1.54) is 54.1 Å². The van der Waals surface area contributed by atoms with Crippen LogP contribution in [0.1, 0.15) is 58.2 Å². The van der Waals surface area contributed by atoms with Gasteiger partial charge in [0.2, 0.25) is 0 Å². The van der Waals surface area contributed by atoms with Crippen molar-refractivity contribution in [1.29, 1.82) is 0 Å². The Balaban J connectivity index is 1.19. The van der Waals surface area contributed by atoms with Gasteiger partial charge in [0, 0.05) is 22.9 Å². The van der Waals surface area contributed by atoms with Crippen molar-refractivity contribution < 1.29 is 0 Å². The average Bonchev–Trinajstić information content (AvgIpc) is 3.57. The number of rotatable bonds is 5. The first-order chi connectivity index (χ1) is 24.5. The Hall–Kier alpha value is -5.38. The summed E-state index contributed by atoms with van der Waals surface area (Å²) < 4.78 is 1.19. The Kier molecular flexibility index (Phi) is 8.20. The van der Waals surface area contributed by atoms with Crippen molar-refractivity contribution in [2.45, 2.75) is 52.4 Å². The average molecular weight is 679 g/mol. The summed E-state index contributed by atoms with van der Waals surface area (Å²) in [5.74, 6) is 0. The first-order valence-electron chi connectivity index (χ1n) is 17.7. The molecule has 0 fully saturated rings. The highest BCUT2D eigenvalue weighted by molar-refractivity contribution is 7.21. The van der Waals surface area contributed by atoms with Crippen LogP contribution in [0.4, 0.5) is 5.69 Å². The predicted octanol–water partition coefficient (Wildman–Crippen LogP) is 13.9. The van der Waals surface area contributed by atoms with Gasteiger partial charge >= 0.3 is 0 Å². The lowest BCUT2D eigenvalue weighted by Crippen LogP contribution is -2.11. The molecule has 0 bridgehead atoms. The van der Waals surface area contributed by atoms with E-state index >= 15 is 0 Å². The second-order valence-electron chi connectivity index (χ2n) is 15.6. The predicted molar refractivity (Wildman–Crippen MR) is 222 cm³/mol. The minimum absolute atomic E-state index is 0.00728. The van der Waals surface area contributed by atoms with Gasteiger partial charge in [-0.05, 0) is 90.5 Å². The molecule has 0 spiro atoms. The van der Waals surface area contributed by atoms with Gasteiger partial charge in [0.05, 0.1) is 15.9 Å². The first kappa shape index (κ1) is 32.8. The smallest absolute Gasteiger partial charge is 0.126 e. The van der Waals surface area contributed by atoms with Crippen molar-refractivity contribution in [1.82, 2.24) is 4.98 Å². The van der Waals surface area contributed by atoms with Crippen molar-refractivity contribution >= 4 is 55.0 Å². The van der Waals surface area contributed by atoms with Crippen molar-refractivity contribution in [2.24, 2.45) is 4.99 Å². The van der Waals surface area contributed by atoms with E-state index in [1.54, 1.807) is 11.3 Å². The molecule has 1 heterocycles. The quantitative estimate of drug-likeness (QED) is 0.131. The van der Waals surface area contributed by atoms with Crippen molar-refractivity contribution in [3.05, 3.63) is 156 Å². The monoisotopic (exact) mass is 678 g/mol. The summed E-state index contributed by atoms with van der Waals surface area (Å²) in [4.78, 5) is 10.5. The Morgan fingerprint density at radius 1 is 0.529 bits per heavy atom. The molecule has 0 amide bonds. The fourth-order valence-electron chi connectivity index (χ4n) is 6.90. The molecule has 0 aliphatic carbocycles. The highest BCUT2D eigenvalue weighted by Crippen LogP contribution is 2.42. The minimum atomic E-state index is -0.00728. The Bertz CT molecular complexity index is 2570. The van der Waals surface area contributed by atoms with Crippen LogP contribution in [-0.4, -0.2) is 11.2 Å². The zero-order valence-corrected chi connectivity index (χ0v) is 31.0. The van der Waals surface area contributed by atoms with Gasteiger partial charge in [-0.3, -0.25) is 4.99 Å². The van der Waals surface area contributed by atoms with E-state index in [0.717, 1.165) is 32.9 Å². The largest absolute Gasteiger partial charge is 0.256 e. The second-order valence-corrected chi connectivity index (χ2v) is 16.6. The summed E-state index contributed by atoms with van der Waals surface area (Å²) in [7, 11) is 0. The number of thiazole rings is 1. The molecule has 8 aromatic rings. The van der Waals surface area contributed by atoms with Gasteiger partial charge < -0.3 is 0 Å². The van der Waals surface area contributed by atoms with Gasteiger partial charge in [0.25, 0.3) is 0 Å². The highest BCUT2D eigenvalue weighted by atomic mass is 32.1. The number of benzene rings is 7. The van der Waals surface area contributed by atoms with E-state index in [4.69, 9.17) is 9.98 Å². The molecule has 250 valence electrons. The van der Waals surface area contributed by atoms with E-state index in [1.807, 2.05) is 6.21 Å². The molecule has 7 aromatic carbocycles. The number of hydrogen-bond donors (Lipinski definition) is 0. The lowest BCUT2D eigenvalue weighted by molar-refractivity contribution is 0.590.